The van der Waals surface area contributed by atoms with Crippen molar-refractivity contribution in [1.29, 1.82) is 0 Å². The summed E-state index contributed by atoms with van der Waals surface area (Å²) in [5.74, 6) is -0.857. The molecule has 4 aliphatic carbocycles. The number of ketones is 1. The molecule has 198 valence electrons. The van der Waals surface area contributed by atoms with Crippen molar-refractivity contribution >= 4 is 46.7 Å². The zero-order valence-electron chi connectivity index (χ0n) is 21.7. The van der Waals surface area contributed by atoms with Crippen molar-refractivity contribution in [2.75, 3.05) is 14.1 Å². The Labute approximate surface area is 223 Å². The van der Waals surface area contributed by atoms with Crippen molar-refractivity contribution in [3.63, 3.8) is 0 Å². The SMILES string of the molecule is CC(O)CC(=O)O[N+](C)(C)C(=S)OC(=O)[C@H]1CC[C@H]2[C@@H]3CCC4=CC(=O)C=C[C@]4(C)[C@@]3(Cl)CC[C@]12C. The number of carbonyl (C=O) groups excluding carboxylic acids is 3. The van der Waals surface area contributed by atoms with E-state index in [4.69, 9.17) is 33.4 Å². The van der Waals surface area contributed by atoms with Crippen LogP contribution in [0.5, 0.6) is 0 Å². The van der Waals surface area contributed by atoms with Crippen molar-refractivity contribution < 1.29 is 33.7 Å². The minimum atomic E-state index is -0.845. The van der Waals surface area contributed by atoms with E-state index < -0.39 is 27.6 Å². The average Bonchev–Trinajstić information content (AvgIpc) is 3.11. The Kier molecular flexibility index (Phi) is 7.08. The summed E-state index contributed by atoms with van der Waals surface area (Å²) in [6.45, 7) is 5.82. The fourth-order valence-corrected chi connectivity index (χ4v) is 7.97. The minimum Gasteiger partial charge on any atom is -0.393 e. The Bertz CT molecular complexity index is 1050. The summed E-state index contributed by atoms with van der Waals surface area (Å²) in [6.07, 6.45) is 9.20. The third kappa shape index (κ3) is 4.38. The van der Waals surface area contributed by atoms with Gasteiger partial charge in [0.05, 0.1) is 23.3 Å². The zero-order valence-corrected chi connectivity index (χ0v) is 23.3. The number of thiocarbonyl (C=S) groups is 1. The smallest absolute Gasteiger partial charge is 0.393 e. The molecule has 1 N–H and O–H groups in total. The van der Waals surface area contributed by atoms with E-state index in [-0.39, 0.29) is 46.0 Å². The van der Waals surface area contributed by atoms with Crippen molar-refractivity contribution in [2.24, 2.45) is 28.6 Å². The molecule has 0 aromatic heterocycles. The molecule has 0 saturated heterocycles. The lowest BCUT2D eigenvalue weighted by Crippen LogP contribution is -2.59. The molecule has 4 aliphatic rings. The number of nitrogens with zero attached hydrogens (tertiary/aromatic N) is 1. The first-order valence-corrected chi connectivity index (χ1v) is 13.6. The predicted octanol–water partition coefficient (Wildman–Crippen LogP) is 4.41. The normalized spacial score (nSPS) is 38.2. The Hall–Kier alpha value is -1.61. The van der Waals surface area contributed by atoms with E-state index in [2.05, 4.69) is 13.8 Å². The van der Waals surface area contributed by atoms with Gasteiger partial charge in [-0.2, -0.15) is 0 Å². The molecular weight excluding hydrogens is 502 g/mol. The summed E-state index contributed by atoms with van der Waals surface area (Å²) in [5.41, 5.74) is 0.473. The Morgan fingerprint density at radius 2 is 1.92 bits per heavy atom. The number of fused-ring (bicyclic) bond motifs is 5. The van der Waals surface area contributed by atoms with Crippen LogP contribution in [-0.4, -0.2) is 57.7 Å². The number of hydrogen-bond acceptors (Lipinski definition) is 7. The maximum atomic E-state index is 13.4. The summed E-state index contributed by atoms with van der Waals surface area (Å²) in [6, 6.07) is 0. The van der Waals surface area contributed by atoms with Gasteiger partial charge in [0.1, 0.15) is 14.1 Å². The van der Waals surface area contributed by atoms with E-state index in [1.54, 1.807) is 12.2 Å². The molecule has 0 aliphatic heterocycles. The van der Waals surface area contributed by atoms with Crippen LogP contribution in [0.2, 0.25) is 0 Å². The molecule has 0 heterocycles. The number of ether oxygens (including phenoxy) is 1. The fraction of sp³-hybridized carbons (Fsp3) is 0.704. The molecule has 0 amide bonds. The van der Waals surface area contributed by atoms with Gasteiger partial charge in [0.2, 0.25) is 0 Å². The van der Waals surface area contributed by atoms with Crippen LogP contribution >= 0.6 is 23.8 Å². The molecule has 0 spiro atoms. The number of quaternary nitrogens is 1. The second-order valence-corrected chi connectivity index (χ2v) is 12.9. The van der Waals surface area contributed by atoms with Gasteiger partial charge in [-0.1, -0.05) is 30.1 Å². The second kappa shape index (κ2) is 9.29. The molecule has 0 bridgehead atoms. The zero-order chi connectivity index (χ0) is 26.7. The average molecular weight is 539 g/mol. The van der Waals surface area contributed by atoms with Crippen LogP contribution in [0.4, 0.5) is 0 Å². The molecule has 4 rings (SSSR count). The van der Waals surface area contributed by atoms with E-state index in [1.165, 1.54) is 21.0 Å². The van der Waals surface area contributed by atoms with Crippen molar-refractivity contribution in [3.8, 4) is 0 Å². The van der Waals surface area contributed by atoms with Gasteiger partial charge < -0.3 is 9.84 Å². The van der Waals surface area contributed by atoms with Crippen LogP contribution in [0.1, 0.15) is 65.7 Å². The first kappa shape index (κ1) is 27.4. The predicted molar refractivity (Wildman–Crippen MR) is 138 cm³/mol. The number of hydroxylamine groups is 3. The van der Waals surface area contributed by atoms with Gasteiger partial charge in [-0.3, -0.25) is 14.4 Å². The third-order valence-electron chi connectivity index (χ3n) is 9.37. The quantitative estimate of drug-likeness (QED) is 0.187. The molecule has 0 radical (unpaired) electrons. The summed E-state index contributed by atoms with van der Waals surface area (Å²) >= 11 is 12.9. The number of rotatable bonds is 3. The van der Waals surface area contributed by atoms with Crippen LogP contribution in [0.15, 0.2) is 23.8 Å². The number of halogens is 1. The number of allylic oxidation sites excluding steroid dienone is 4. The van der Waals surface area contributed by atoms with Crippen LogP contribution in [-0.2, 0) is 24.0 Å². The fourth-order valence-electron chi connectivity index (χ4n) is 7.31. The lowest BCUT2D eigenvalue weighted by atomic mass is 9.47. The van der Waals surface area contributed by atoms with E-state index in [0.29, 0.717) is 6.42 Å². The number of hydrogen-bond donors (Lipinski definition) is 1. The van der Waals surface area contributed by atoms with Crippen molar-refractivity contribution in [1.82, 2.24) is 0 Å². The number of alkyl halides is 1. The largest absolute Gasteiger partial charge is 0.413 e. The first-order chi connectivity index (χ1) is 16.6. The molecule has 7 atom stereocenters. The highest BCUT2D eigenvalue weighted by Gasteiger charge is 2.66. The van der Waals surface area contributed by atoms with Gasteiger partial charge in [-0.05, 0) is 74.9 Å². The summed E-state index contributed by atoms with van der Waals surface area (Å²) in [7, 11) is 3.04. The van der Waals surface area contributed by atoms with Crippen LogP contribution in [0, 0.1) is 28.6 Å². The molecule has 7 nitrogen and oxygen atoms in total. The number of esters is 1. The van der Waals surface area contributed by atoms with Crippen LogP contribution < -0.4 is 0 Å². The maximum absolute atomic E-state index is 13.4. The minimum absolute atomic E-state index is 0.0272. The standard InChI is InChI=1S/C27H37ClNO6S/c1-16(30)14-22(32)35-29(4,5)24(36)34-23(33)21-9-8-19-20-7-6-17-15-18(31)10-11-26(17,3)27(20,28)13-12-25(19,21)2/h10-11,15-16,19-21,30H,6-9,12-14H2,1-5H3/q+1/t16?,19-,20-,21+,25-,26-,27+/m0/s1. The molecule has 0 aromatic carbocycles. The Morgan fingerprint density at radius 3 is 2.58 bits per heavy atom. The van der Waals surface area contributed by atoms with Gasteiger partial charge in [0, 0.05) is 17.6 Å². The highest BCUT2D eigenvalue weighted by Crippen LogP contribution is 2.69. The van der Waals surface area contributed by atoms with Gasteiger partial charge in [-0.25, -0.2) is 4.79 Å². The molecule has 0 aromatic rings. The number of aliphatic hydroxyl groups excluding tert-OH is 1. The second-order valence-electron chi connectivity index (χ2n) is 11.9. The van der Waals surface area contributed by atoms with Gasteiger partial charge >= 0.3 is 17.1 Å². The van der Waals surface area contributed by atoms with Crippen molar-refractivity contribution in [3.05, 3.63) is 23.8 Å². The number of aliphatic hydroxyl groups is 1. The third-order valence-corrected chi connectivity index (χ3v) is 10.8. The Balaban J connectivity index is 1.49. The number of carbonyl (C=O) groups is 3. The van der Waals surface area contributed by atoms with Gasteiger partial charge in [0.25, 0.3) is 0 Å². The lowest BCUT2D eigenvalue weighted by molar-refractivity contribution is -0.989. The van der Waals surface area contributed by atoms with E-state index in [9.17, 15) is 19.5 Å². The summed E-state index contributed by atoms with van der Waals surface area (Å²) in [4.78, 5) is 42.3. The van der Waals surface area contributed by atoms with E-state index in [1.807, 2.05) is 6.08 Å². The molecule has 9 heteroatoms. The molecule has 3 fully saturated rings. The summed E-state index contributed by atoms with van der Waals surface area (Å²) < 4.78 is 5.10. The molecule has 3 saturated carbocycles. The van der Waals surface area contributed by atoms with E-state index in [0.717, 1.165) is 37.7 Å². The van der Waals surface area contributed by atoms with Gasteiger partial charge in [0.15, 0.2) is 5.78 Å². The van der Waals surface area contributed by atoms with Gasteiger partial charge in [-0.15, -0.1) is 11.6 Å². The highest BCUT2D eigenvalue weighted by molar-refractivity contribution is 7.79. The first-order valence-electron chi connectivity index (χ1n) is 12.8. The topological polar surface area (TPSA) is 89.9 Å². The molecule has 1 unspecified atom stereocenters. The maximum Gasteiger partial charge on any atom is 0.413 e. The monoisotopic (exact) mass is 538 g/mol. The lowest BCUT2D eigenvalue weighted by Gasteiger charge is -2.61. The molecular formula is C27H37ClNO6S+. The molecule has 36 heavy (non-hydrogen) atoms. The Morgan fingerprint density at radius 1 is 1.22 bits per heavy atom. The van der Waals surface area contributed by atoms with Crippen molar-refractivity contribution in [2.45, 2.75) is 76.7 Å². The van der Waals surface area contributed by atoms with Crippen LogP contribution in [0.3, 0.4) is 0 Å². The van der Waals surface area contributed by atoms with E-state index >= 15 is 0 Å². The summed E-state index contributed by atoms with van der Waals surface area (Å²) in [5, 5.41) is 9.27. The van der Waals surface area contributed by atoms with Crippen LogP contribution in [0.25, 0.3) is 0 Å². The highest BCUT2D eigenvalue weighted by atomic mass is 35.5.